The Morgan fingerprint density at radius 3 is 2.21 bits per heavy atom. The van der Waals surface area contributed by atoms with E-state index in [2.05, 4.69) is 5.32 Å². The number of rotatable bonds is 3. The van der Waals surface area contributed by atoms with E-state index in [-0.39, 0.29) is 17.9 Å². The third-order valence-corrected chi connectivity index (χ3v) is 4.20. The van der Waals surface area contributed by atoms with Crippen molar-refractivity contribution >= 4 is 11.9 Å². The monoisotopic (exact) mass is 265 g/mol. The van der Waals surface area contributed by atoms with Gasteiger partial charge in [-0.3, -0.25) is 9.59 Å². The first-order valence-electron chi connectivity index (χ1n) is 7.38. The largest absolute Gasteiger partial charge is 0.481 e. The van der Waals surface area contributed by atoms with Crippen LogP contribution in [0.4, 0.5) is 0 Å². The van der Waals surface area contributed by atoms with Gasteiger partial charge in [0.2, 0.25) is 5.91 Å². The Morgan fingerprint density at radius 2 is 1.63 bits per heavy atom. The molecule has 2 rings (SSSR count). The van der Waals surface area contributed by atoms with Crippen molar-refractivity contribution < 1.29 is 14.7 Å². The van der Waals surface area contributed by atoms with E-state index in [1.807, 2.05) is 6.08 Å². The number of carbonyl (C=O) groups excluding carboxylic acids is 1. The van der Waals surface area contributed by atoms with E-state index in [1.165, 1.54) is 19.3 Å². The summed E-state index contributed by atoms with van der Waals surface area (Å²) >= 11 is 0. The Hall–Kier alpha value is -1.32. The van der Waals surface area contributed by atoms with Crippen LogP contribution in [0.2, 0.25) is 0 Å². The van der Waals surface area contributed by atoms with Gasteiger partial charge in [0.15, 0.2) is 0 Å². The number of carboxylic acids is 1. The molecule has 0 spiro atoms. The van der Waals surface area contributed by atoms with Crippen LogP contribution in [0.1, 0.15) is 51.4 Å². The van der Waals surface area contributed by atoms with Crippen molar-refractivity contribution in [3.05, 3.63) is 12.2 Å². The molecule has 2 atom stereocenters. The number of nitrogens with one attached hydrogen (secondary N) is 1. The summed E-state index contributed by atoms with van der Waals surface area (Å²) in [5, 5.41) is 11.9. The molecule has 0 saturated heterocycles. The van der Waals surface area contributed by atoms with E-state index < -0.39 is 11.9 Å². The highest BCUT2D eigenvalue weighted by Gasteiger charge is 2.27. The fourth-order valence-corrected chi connectivity index (χ4v) is 3.01. The quantitative estimate of drug-likeness (QED) is 0.770. The van der Waals surface area contributed by atoms with Crippen molar-refractivity contribution in [1.29, 1.82) is 0 Å². The van der Waals surface area contributed by atoms with Crippen molar-refractivity contribution in [3.8, 4) is 0 Å². The lowest BCUT2D eigenvalue weighted by Gasteiger charge is -2.21. The molecule has 2 aliphatic rings. The molecule has 0 bridgehead atoms. The minimum absolute atomic E-state index is 0.0981. The van der Waals surface area contributed by atoms with Crippen molar-refractivity contribution in [2.24, 2.45) is 11.8 Å². The molecule has 4 nitrogen and oxygen atoms in total. The maximum absolute atomic E-state index is 12.2. The second kappa shape index (κ2) is 6.73. The van der Waals surface area contributed by atoms with Crippen LogP contribution in [0, 0.1) is 11.8 Å². The minimum atomic E-state index is -0.807. The van der Waals surface area contributed by atoms with Crippen LogP contribution >= 0.6 is 0 Å². The highest BCUT2D eigenvalue weighted by molar-refractivity contribution is 5.80. The molecule has 1 fully saturated rings. The standard InChI is InChI=1S/C15H23NO3/c17-14(11-6-4-2-1-3-5-7-11)16-13-9-8-12(10-13)15(18)19/h8-9,11-13H,1-7,10H2,(H,16,17)(H,18,19). The second-order valence-electron chi connectivity index (χ2n) is 5.72. The third-order valence-electron chi connectivity index (χ3n) is 4.20. The Balaban J connectivity index is 1.80. The number of carbonyl (C=O) groups is 2. The normalized spacial score (nSPS) is 28.6. The third kappa shape index (κ3) is 4.08. The summed E-state index contributed by atoms with van der Waals surface area (Å²) in [7, 11) is 0. The number of carboxylic acid groups (broad SMARTS) is 1. The highest BCUT2D eigenvalue weighted by Crippen LogP contribution is 2.24. The van der Waals surface area contributed by atoms with E-state index in [0.717, 1.165) is 25.7 Å². The smallest absolute Gasteiger partial charge is 0.310 e. The highest BCUT2D eigenvalue weighted by atomic mass is 16.4. The molecule has 1 amide bonds. The summed E-state index contributed by atoms with van der Waals surface area (Å²) in [5.41, 5.74) is 0. The summed E-state index contributed by atoms with van der Waals surface area (Å²) in [4.78, 5) is 23.1. The summed E-state index contributed by atoms with van der Waals surface area (Å²) in [6.45, 7) is 0. The molecule has 19 heavy (non-hydrogen) atoms. The number of hydrogen-bond donors (Lipinski definition) is 2. The minimum Gasteiger partial charge on any atom is -0.481 e. The zero-order valence-corrected chi connectivity index (χ0v) is 11.3. The molecule has 106 valence electrons. The maximum atomic E-state index is 12.2. The Bertz CT molecular complexity index is 356. The summed E-state index contributed by atoms with van der Waals surface area (Å²) in [5.74, 6) is -1.01. The Morgan fingerprint density at radius 1 is 1.00 bits per heavy atom. The molecular weight excluding hydrogens is 242 g/mol. The van der Waals surface area contributed by atoms with Gasteiger partial charge in [-0.2, -0.15) is 0 Å². The topological polar surface area (TPSA) is 66.4 Å². The lowest BCUT2D eigenvalue weighted by molar-refractivity contribution is -0.140. The predicted molar refractivity (Wildman–Crippen MR) is 72.6 cm³/mol. The van der Waals surface area contributed by atoms with Gasteiger partial charge in [-0.1, -0.05) is 44.3 Å². The molecule has 4 heteroatoms. The van der Waals surface area contributed by atoms with E-state index in [4.69, 9.17) is 5.11 Å². The van der Waals surface area contributed by atoms with Gasteiger partial charge >= 0.3 is 5.97 Å². The van der Waals surface area contributed by atoms with Crippen LogP contribution in [0.15, 0.2) is 12.2 Å². The average Bonchev–Trinajstić information content (AvgIpc) is 2.76. The molecule has 0 aliphatic heterocycles. The molecule has 0 radical (unpaired) electrons. The van der Waals surface area contributed by atoms with Crippen LogP contribution in [0.25, 0.3) is 0 Å². The molecule has 0 heterocycles. The van der Waals surface area contributed by atoms with Crippen LogP contribution in [-0.4, -0.2) is 23.0 Å². The van der Waals surface area contributed by atoms with Gasteiger partial charge in [0.05, 0.1) is 5.92 Å². The van der Waals surface area contributed by atoms with Crippen LogP contribution in [0.3, 0.4) is 0 Å². The number of aliphatic carboxylic acids is 1. The van der Waals surface area contributed by atoms with E-state index in [9.17, 15) is 9.59 Å². The SMILES string of the molecule is O=C(O)C1C=CC(NC(=O)C2CCCCCCC2)C1. The Labute approximate surface area is 114 Å². The molecule has 0 aromatic rings. The first-order chi connectivity index (χ1) is 9.16. The fourth-order valence-electron chi connectivity index (χ4n) is 3.01. The predicted octanol–water partition coefficient (Wildman–Crippen LogP) is 2.49. The van der Waals surface area contributed by atoms with E-state index in [0.29, 0.717) is 6.42 Å². The Kier molecular flexibility index (Phi) is 5.00. The first kappa shape index (κ1) is 14.1. The average molecular weight is 265 g/mol. The van der Waals surface area contributed by atoms with Crippen molar-refractivity contribution in [2.75, 3.05) is 0 Å². The summed E-state index contributed by atoms with van der Waals surface area (Å²) in [6.07, 6.45) is 12.0. The van der Waals surface area contributed by atoms with Crippen molar-refractivity contribution in [1.82, 2.24) is 5.32 Å². The molecule has 0 aromatic heterocycles. The number of amides is 1. The molecule has 2 unspecified atom stereocenters. The maximum Gasteiger partial charge on any atom is 0.310 e. The molecule has 0 aromatic carbocycles. The van der Waals surface area contributed by atoms with Gasteiger partial charge in [-0.15, -0.1) is 0 Å². The van der Waals surface area contributed by atoms with Gasteiger partial charge in [0.25, 0.3) is 0 Å². The second-order valence-corrected chi connectivity index (χ2v) is 5.72. The summed E-state index contributed by atoms with van der Waals surface area (Å²) < 4.78 is 0. The van der Waals surface area contributed by atoms with Crippen LogP contribution < -0.4 is 5.32 Å². The number of hydrogen-bond acceptors (Lipinski definition) is 2. The molecular formula is C15H23NO3. The van der Waals surface area contributed by atoms with Crippen LogP contribution in [-0.2, 0) is 9.59 Å². The fraction of sp³-hybridized carbons (Fsp3) is 0.733. The van der Waals surface area contributed by atoms with Gasteiger partial charge in [0, 0.05) is 12.0 Å². The first-order valence-corrected chi connectivity index (χ1v) is 7.38. The van der Waals surface area contributed by atoms with E-state index in [1.54, 1.807) is 6.08 Å². The van der Waals surface area contributed by atoms with Crippen molar-refractivity contribution in [3.63, 3.8) is 0 Å². The van der Waals surface area contributed by atoms with Gasteiger partial charge < -0.3 is 10.4 Å². The van der Waals surface area contributed by atoms with Gasteiger partial charge in [-0.05, 0) is 19.3 Å². The van der Waals surface area contributed by atoms with Crippen LogP contribution in [0.5, 0.6) is 0 Å². The lowest BCUT2D eigenvalue weighted by Crippen LogP contribution is -2.38. The van der Waals surface area contributed by atoms with Gasteiger partial charge in [-0.25, -0.2) is 0 Å². The zero-order valence-electron chi connectivity index (χ0n) is 11.3. The zero-order chi connectivity index (χ0) is 13.7. The lowest BCUT2D eigenvalue weighted by atomic mass is 9.90. The van der Waals surface area contributed by atoms with E-state index >= 15 is 0 Å². The molecule has 2 aliphatic carbocycles. The van der Waals surface area contributed by atoms with Crippen molar-refractivity contribution in [2.45, 2.75) is 57.4 Å². The summed E-state index contributed by atoms with van der Waals surface area (Å²) in [6, 6.07) is -0.0981. The van der Waals surface area contributed by atoms with Gasteiger partial charge in [0.1, 0.15) is 0 Å². The molecule has 2 N–H and O–H groups in total. The molecule has 1 saturated carbocycles.